The van der Waals surface area contributed by atoms with Gasteiger partial charge in [0.25, 0.3) is 0 Å². The van der Waals surface area contributed by atoms with E-state index in [9.17, 15) is 17.6 Å². The molecule has 3 aliphatic rings. The summed E-state index contributed by atoms with van der Waals surface area (Å²) in [4.78, 5) is 0. The van der Waals surface area contributed by atoms with Crippen LogP contribution < -0.4 is 9.47 Å². The van der Waals surface area contributed by atoms with E-state index in [2.05, 4.69) is 19.1 Å². The molecule has 0 N–H and O–H groups in total. The molecule has 3 saturated carbocycles. The van der Waals surface area contributed by atoms with E-state index in [-0.39, 0.29) is 29.2 Å². The first-order chi connectivity index (χ1) is 19.4. The molecule has 0 spiro atoms. The van der Waals surface area contributed by atoms with Crippen LogP contribution in [0.2, 0.25) is 0 Å². The van der Waals surface area contributed by atoms with Gasteiger partial charge in [-0.25, -0.2) is 8.78 Å². The van der Waals surface area contributed by atoms with Crippen LogP contribution in [0.4, 0.5) is 17.6 Å². The van der Waals surface area contributed by atoms with Crippen LogP contribution in [0.1, 0.15) is 78.1 Å². The standard InChI is InChI=1S/C34H42F4O2/c1-3-5-21-6-11-26-19-25(13-12-24(26)18-21)23-9-7-22(8-10-23)20-40-30-17-15-28(32(36)34(30)38)27-14-16-29(39-4-2)33(37)31(27)35/h3,5,14-17,21-26H,4,6-13,18-20H2,1-2H3/b5-3+. The third kappa shape index (κ3) is 6.21. The van der Waals surface area contributed by atoms with Crippen LogP contribution in [0.3, 0.4) is 0 Å². The van der Waals surface area contributed by atoms with Gasteiger partial charge in [-0.1, -0.05) is 12.2 Å². The van der Waals surface area contributed by atoms with E-state index >= 15 is 0 Å². The zero-order chi connectivity index (χ0) is 28.2. The van der Waals surface area contributed by atoms with Gasteiger partial charge in [-0.3, -0.25) is 0 Å². The van der Waals surface area contributed by atoms with Gasteiger partial charge < -0.3 is 9.47 Å². The van der Waals surface area contributed by atoms with Gasteiger partial charge in [-0.15, -0.1) is 0 Å². The quantitative estimate of drug-likeness (QED) is 0.237. The summed E-state index contributed by atoms with van der Waals surface area (Å²) in [5.41, 5.74) is -0.711. The molecule has 4 atom stereocenters. The van der Waals surface area contributed by atoms with Crippen molar-refractivity contribution >= 4 is 0 Å². The lowest BCUT2D eigenvalue weighted by Crippen LogP contribution is -2.34. The molecule has 4 unspecified atom stereocenters. The lowest BCUT2D eigenvalue weighted by Gasteiger charge is -2.45. The summed E-state index contributed by atoms with van der Waals surface area (Å²) in [6.07, 6.45) is 17.2. The molecule has 0 aromatic heterocycles. The largest absolute Gasteiger partial charge is 0.491 e. The van der Waals surface area contributed by atoms with Gasteiger partial charge in [0.1, 0.15) is 0 Å². The summed E-state index contributed by atoms with van der Waals surface area (Å²) in [6.45, 7) is 4.26. The predicted molar refractivity (Wildman–Crippen MR) is 150 cm³/mol. The Bertz CT molecular complexity index is 1190. The Morgan fingerprint density at radius 3 is 1.77 bits per heavy atom. The van der Waals surface area contributed by atoms with E-state index in [0.29, 0.717) is 12.5 Å². The van der Waals surface area contributed by atoms with Crippen LogP contribution >= 0.6 is 0 Å². The summed E-state index contributed by atoms with van der Waals surface area (Å²) in [5, 5.41) is 0. The molecule has 3 fully saturated rings. The van der Waals surface area contributed by atoms with Gasteiger partial charge >= 0.3 is 0 Å². The van der Waals surface area contributed by atoms with Crippen LogP contribution in [0.25, 0.3) is 11.1 Å². The monoisotopic (exact) mass is 558 g/mol. The van der Waals surface area contributed by atoms with E-state index in [1.807, 2.05) is 0 Å². The van der Waals surface area contributed by atoms with Gasteiger partial charge in [0.15, 0.2) is 23.1 Å². The number of fused-ring (bicyclic) bond motifs is 1. The second kappa shape index (κ2) is 13.0. The summed E-state index contributed by atoms with van der Waals surface area (Å²) in [5.74, 6) is -0.896. The number of hydrogen-bond acceptors (Lipinski definition) is 2. The Morgan fingerprint density at radius 2 is 1.18 bits per heavy atom. The molecule has 2 aromatic rings. The molecule has 0 amide bonds. The summed E-state index contributed by atoms with van der Waals surface area (Å²) in [6, 6.07) is 4.96. The number of allylic oxidation sites excluding steroid dienone is 2. The smallest absolute Gasteiger partial charge is 0.201 e. The molecular formula is C34H42F4O2. The molecule has 5 rings (SSSR count). The van der Waals surface area contributed by atoms with Crippen molar-refractivity contribution in [2.24, 2.45) is 35.5 Å². The molecular weight excluding hydrogens is 516 g/mol. The first kappa shape index (κ1) is 29.0. The van der Waals surface area contributed by atoms with Crippen LogP contribution in [-0.4, -0.2) is 13.2 Å². The van der Waals surface area contributed by atoms with Crippen LogP contribution in [0.15, 0.2) is 36.4 Å². The molecule has 0 aliphatic heterocycles. The number of hydrogen-bond donors (Lipinski definition) is 0. The maximum absolute atomic E-state index is 14.9. The van der Waals surface area contributed by atoms with E-state index in [0.717, 1.165) is 42.4 Å². The van der Waals surface area contributed by atoms with E-state index in [1.165, 1.54) is 75.6 Å². The van der Waals surface area contributed by atoms with E-state index < -0.39 is 23.3 Å². The fourth-order valence-electron chi connectivity index (χ4n) is 7.73. The number of rotatable bonds is 8. The molecule has 218 valence electrons. The zero-order valence-corrected chi connectivity index (χ0v) is 23.7. The Morgan fingerprint density at radius 1 is 0.650 bits per heavy atom. The normalized spacial score (nSPS) is 28.9. The van der Waals surface area contributed by atoms with Gasteiger partial charge in [0.05, 0.1) is 13.2 Å². The molecule has 6 heteroatoms. The molecule has 0 heterocycles. The van der Waals surface area contributed by atoms with Crippen LogP contribution in [0.5, 0.6) is 11.5 Å². The van der Waals surface area contributed by atoms with Crippen molar-refractivity contribution in [2.45, 2.75) is 78.1 Å². The maximum atomic E-state index is 14.9. The third-order valence-electron chi connectivity index (χ3n) is 9.88. The highest BCUT2D eigenvalue weighted by Crippen LogP contribution is 2.49. The molecule has 0 bridgehead atoms. The topological polar surface area (TPSA) is 18.5 Å². The summed E-state index contributed by atoms with van der Waals surface area (Å²) >= 11 is 0. The van der Waals surface area contributed by atoms with Gasteiger partial charge in [-0.2, -0.15) is 8.78 Å². The minimum absolute atomic E-state index is 0.158. The van der Waals surface area contributed by atoms with Crippen LogP contribution in [-0.2, 0) is 0 Å². The highest BCUT2D eigenvalue weighted by Gasteiger charge is 2.38. The van der Waals surface area contributed by atoms with Crippen molar-refractivity contribution in [3.8, 4) is 22.6 Å². The van der Waals surface area contributed by atoms with E-state index in [1.54, 1.807) is 6.92 Å². The molecule has 0 saturated heterocycles. The minimum atomic E-state index is -1.27. The maximum Gasteiger partial charge on any atom is 0.201 e. The Labute approximate surface area is 236 Å². The Kier molecular flexibility index (Phi) is 9.42. The first-order valence-electron chi connectivity index (χ1n) is 15.2. The summed E-state index contributed by atoms with van der Waals surface area (Å²) in [7, 11) is 0. The predicted octanol–water partition coefficient (Wildman–Crippen LogP) is 9.90. The average Bonchev–Trinajstić information content (AvgIpc) is 2.97. The average molecular weight is 559 g/mol. The highest BCUT2D eigenvalue weighted by molar-refractivity contribution is 5.67. The second-order valence-electron chi connectivity index (χ2n) is 12.2. The van der Waals surface area contributed by atoms with Crippen molar-refractivity contribution in [3.05, 3.63) is 59.7 Å². The summed E-state index contributed by atoms with van der Waals surface area (Å²) < 4.78 is 69.5. The molecule has 3 aliphatic carbocycles. The zero-order valence-electron chi connectivity index (χ0n) is 23.7. The first-order valence-corrected chi connectivity index (χ1v) is 15.2. The lowest BCUT2D eigenvalue weighted by molar-refractivity contribution is 0.0627. The lowest BCUT2D eigenvalue weighted by atomic mass is 9.61. The van der Waals surface area contributed by atoms with Crippen molar-refractivity contribution in [2.75, 3.05) is 13.2 Å². The number of benzene rings is 2. The second-order valence-corrected chi connectivity index (χ2v) is 12.2. The van der Waals surface area contributed by atoms with E-state index in [4.69, 9.17) is 9.47 Å². The fraction of sp³-hybridized carbons (Fsp3) is 0.588. The fourth-order valence-corrected chi connectivity index (χ4v) is 7.73. The van der Waals surface area contributed by atoms with Gasteiger partial charge in [0.2, 0.25) is 11.6 Å². The van der Waals surface area contributed by atoms with Gasteiger partial charge in [0, 0.05) is 11.1 Å². The highest BCUT2D eigenvalue weighted by atomic mass is 19.2. The van der Waals surface area contributed by atoms with Crippen molar-refractivity contribution in [1.82, 2.24) is 0 Å². The minimum Gasteiger partial charge on any atom is -0.491 e. The molecule has 2 nitrogen and oxygen atoms in total. The number of ether oxygens (including phenoxy) is 2. The Hall–Kier alpha value is -2.50. The van der Waals surface area contributed by atoms with Crippen molar-refractivity contribution in [1.29, 1.82) is 0 Å². The van der Waals surface area contributed by atoms with Crippen LogP contribution in [0, 0.1) is 58.8 Å². The third-order valence-corrected chi connectivity index (χ3v) is 9.88. The SMILES string of the molecule is C/C=C/C1CCC2CC(C3CCC(COc4ccc(-c5ccc(OCC)c(F)c5F)c(F)c4F)CC3)CCC2C1. The van der Waals surface area contributed by atoms with Gasteiger partial charge in [-0.05, 0) is 138 Å². The molecule has 40 heavy (non-hydrogen) atoms. The van der Waals surface area contributed by atoms with Crippen molar-refractivity contribution < 1.29 is 27.0 Å². The number of halogens is 4. The molecule has 2 aromatic carbocycles. The molecule has 0 radical (unpaired) electrons. The van der Waals surface area contributed by atoms with Crippen molar-refractivity contribution in [3.63, 3.8) is 0 Å². The Balaban J connectivity index is 1.13.